The average Bonchev–Trinajstić information content (AvgIpc) is 2.86. The number of aromatic nitrogens is 1. The molecule has 0 spiro atoms. The lowest BCUT2D eigenvalue weighted by Gasteiger charge is -2.22. The quantitative estimate of drug-likeness (QED) is 0.457. The zero-order valence-electron chi connectivity index (χ0n) is 19.5. The monoisotopic (exact) mass is 463 g/mol. The van der Waals surface area contributed by atoms with Crippen LogP contribution in [0.5, 0.6) is 11.5 Å². The molecule has 0 fully saturated rings. The third-order valence-electron chi connectivity index (χ3n) is 5.01. The summed E-state index contributed by atoms with van der Waals surface area (Å²) in [4.78, 5) is 29.2. The molecule has 0 saturated carbocycles. The maximum atomic E-state index is 12.9. The second-order valence-corrected chi connectivity index (χ2v) is 7.93. The number of hydrogen-bond acceptors (Lipinski definition) is 6. The summed E-state index contributed by atoms with van der Waals surface area (Å²) in [5.74, 6) is 0.491. The lowest BCUT2D eigenvalue weighted by molar-refractivity contribution is -0.119. The van der Waals surface area contributed by atoms with Crippen molar-refractivity contribution in [1.82, 2.24) is 10.3 Å². The molecule has 0 aliphatic heterocycles. The summed E-state index contributed by atoms with van der Waals surface area (Å²) in [6, 6.07) is 17.4. The van der Waals surface area contributed by atoms with Crippen molar-refractivity contribution in [3.05, 3.63) is 84.2 Å². The summed E-state index contributed by atoms with van der Waals surface area (Å²) in [6.45, 7) is 4.13. The van der Waals surface area contributed by atoms with Gasteiger partial charge in [-0.25, -0.2) is 4.79 Å². The van der Waals surface area contributed by atoms with Gasteiger partial charge in [0.1, 0.15) is 19.3 Å². The van der Waals surface area contributed by atoms with Crippen molar-refractivity contribution >= 4 is 17.7 Å². The number of hydrogen-bond donors (Lipinski definition) is 2. The van der Waals surface area contributed by atoms with E-state index >= 15 is 0 Å². The van der Waals surface area contributed by atoms with Gasteiger partial charge in [0.25, 0.3) is 0 Å². The van der Waals surface area contributed by atoms with Crippen LogP contribution in [0.25, 0.3) is 0 Å². The summed E-state index contributed by atoms with van der Waals surface area (Å²) in [5, 5.41) is 5.49. The number of nitrogens with zero attached hydrogens (tertiary/aromatic N) is 1. The molecule has 2 aromatic carbocycles. The fourth-order valence-corrected chi connectivity index (χ4v) is 3.15. The Balaban J connectivity index is 1.62. The molecular formula is C26H29N3O5. The number of nitrogens with one attached hydrogen (secondary N) is 2. The largest absolute Gasteiger partial charge is 0.493 e. The first-order valence-electron chi connectivity index (χ1n) is 10.9. The molecule has 34 heavy (non-hydrogen) atoms. The Hall–Kier alpha value is -4.07. The molecule has 0 radical (unpaired) electrons. The molecule has 2 amide bonds. The standard InChI is InChI=1S/C26H29N3O5/c1-18(2)24(29-26(31)34-17-19-7-5-4-6-8-19)25(30)28-21-9-10-22(32-3)23(15-21)33-16-20-11-13-27-14-12-20/h4-15,18,24H,16-17H2,1-3H3,(H,28,30)(H,29,31)/t24-/m0/s1. The molecule has 2 N–H and O–H groups in total. The molecule has 178 valence electrons. The van der Waals surface area contributed by atoms with E-state index < -0.39 is 12.1 Å². The van der Waals surface area contributed by atoms with Gasteiger partial charge in [-0.2, -0.15) is 0 Å². The molecule has 3 rings (SSSR count). The number of anilines is 1. The average molecular weight is 464 g/mol. The molecule has 1 heterocycles. The summed E-state index contributed by atoms with van der Waals surface area (Å²) < 4.78 is 16.5. The minimum Gasteiger partial charge on any atom is -0.493 e. The highest BCUT2D eigenvalue weighted by Gasteiger charge is 2.25. The lowest BCUT2D eigenvalue weighted by atomic mass is 10.0. The predicted molar refractivity (Wildman–Crippen MR) is 129 cm³/mol. The van der Waals surface area contributed by atoms with Gasteiger partial charge < -0.3 is 24.8 Å². The Morgan fingerprint density at radius 2 is 1.62 bits per heavy atom. The highest BCUT2D eigenvalue weighted by Crippen LogP contribution is 2.31. The minimum atomic E-state index is -0.786. The number of carbonyl (C=O) groups is 2. The fraction of sp³-hybridized carbons (Fsp3) is 0.269. The molecular weight excluding hydrogens is 434 g/mol. The zero-order valence-corrected chi connectivity index (χ0v) is 19.5. The van der Waals surface area contributed by atoms with Gasteiger partial charge in [-0.1, -0.05) is 44.2 Å². The molecule has 0 bridgehead atoms. The third kappa shape index (κ3) is 7.23. The van der Waals surface area contributed by atoms with Crippen molar-refractivity contribution in [2.45, 2.75) is 33.1 Å². The summed E-state index contributed by atoms with van der Waals surface area (Å²) in [7, 11) is 1.55. The smallest absolute Gasteiger partial charge is 0.408 e. The van der Waals surface area contributed by atoms with E-state index in [0.29, 0.717) is 23.8 Å². The molecule has 8 nitrogen and oxygen atoms in total. The Bertz CT molecular complexity index is 1070. The SMILES string of the molecule is COc1ccc(NC(=O)[C@@H](NC(=O)OCc2ccccc2)C(C)C)cc1OCc1ccncc1. The number of benzene rings is 2. The van der Waals surface area contributed by atoms with Crippen LogP contribution in [0, 0.1) is 5.92 Å². The molecule has 8 heteroatoms. The maximum absolute atomic E-state index is 12.9. The van der Waals surface area contributed by atoms with E-state index in [0.717, 1.165) is 11.1 Å². The summed E-state index contributed by atoms with van der Waals surface area (Å²) in [6.07, 6.45) is 2.72. The van der Waals surface area contributed by atoms with E-state index in [4.69, 9.17) is 14.2 Å². The second kappa shape index (κ2) is 12.2. The van der Waals surface area contributed by atoms with Crippen molar-refractivity contribution in [3.63, 3.8) is 0 Å². The van der Waals surface area contributed by atoms with Gasteiger partial charge in [0, 0.05) is 24.1 Å². The van der Waals surface area contributed by atoms with E-state index in [1.807, 2.05) is 56.3 Å². The van der Waals surface area contributed by atoms with Crippen LogP contribution in [0.4, 0.5) is 10.5 Å². The topological polar surface area (TPSA) is 98.8 Å². The van der Waals surface area contributed by atoms with Crippen molar-refractivity contribution < 1.29 is 23.8 Å². The Labute approximate surface area is 199 Å². The van der Waals surface area contributed by atoms with Crippen molar-refractivity contribution in [2.75, 3.05) is 12.4 Å². The van der Waals surface area contributed by atoms with Gasteiger partial charge in [0.15, 0.2) is 11.5 Å². The maximum Gasteiger partial charge on any atom is 0.408 e. The van der Waals surface area contributed by atoms with Crippen LogP contribution in [-0.2, 0) is 22.7 Å². The Morgan fingerprint density at radius 3 is 2.29 bits per heavy atom. The van der Waals surface area contributed by atoms with Crippen molar-refractivity contribution in [3.8, 4) is 11.5 Å². The lowest BCUT2D eigenvalue weighted by Crippen LogP contribution is -2.47. The van der Waals surface area contributed by atoms with Crippen molar-refractivity contribution in [2.24, 2.45) is 5.92 Å². The van der Waals surface area contributed by atoms with Gasteiger partial charge >= 0.3 is 6.09 Å². The number of methoxy groups -OCH3 is 1. The summed E-state index contributed by atoms with van der Waals surface area (Å²) >= 11 is 0. The van der Waals surface area contributed by atoms with E-state index in [1.165, 1.54) is 0 Å². The van der Waals surface area contributed by atoms with Crippen LogP contribution in [0.15, 0.2) is 73.1 Å². The van der Waals surface area contributed by atoms with Gasteiger partial charge in [-0.15, -0.1) is 0 Å². The van der Waals surface area contributed by atoms with E-state index in [1.54, 1.807) is 37.7 Å². The van der Waals surface area contributed by atoms with Gasteiger partial charge in [0.05, 0.1) is 7.11 Å². The Kier molecular flexibility index (Phi) is 8.85. The number of carbonyl (C=O) groups excluding carboxylic acids is 2. The number of amides is 2. The number of alkyl carbamates (subject to hydrolysis) is 1. The third-order valence-corrected chi connectivity index (χ3v) is 5.01. The van der Waals surface area contributed by atoms with Crippen LogP contribution >= 0.6 is 0 Å². The fourth-order valence-electron chi connectivity index (χ4n) is 3.15. The summed E-state index contributed by atoms with van der Waals surface area (Å²) in [5.41, 5.74) is 2.32. The van der Waals surface area contributed by atoms with Gasteiger partial charge in [-0.3, -0.25) is 9.78 Å². The molecule has 0 unspecified atom stereocenters. The first-order chi connectivity index (χ1) is 16.5. The van der Waals surface area contributed by atoms with E-state index in [2.05, 4.69) is 15.6 Å². The van der Waals surface area contributed by atoms with Crippen LogP contribution in [0.1, 0.15) is 25.0 Å². The molecule has 1 aromatic heterocycles. The number of pyridine rings is 1. The number of rotatable bonds is 10. The van der Waals surface area contributed by atoms with Crippen LogP contribution < -0.4 is 20.1 Å². The van der Waals surface area contributed by atoms with E-state index in [9.17, 15) is 9.59 Å². The van der Waals surface area contributed by atoms with E-state index in [-0.39, 0.29) is 18.4 Å². The molecule has 3 aromatic rings. The van der Waals surface area contributed by atoms with Crippen LogP contribution in [0.3, 0.4) is 0 Å². The van der Waals surface area contributed by atoms with Crippen molar-refractivity contribution in [1.29, 1.82) is 0 Å². The van der Waals surface area contributed by atoms with Gasteiger partial charge in [0.2, 0.25) is 5.91 Å². The first-order valence-corrected chi connectivity index (χ1v) is 10.9. The number of ether oxygens (including phenoxy) is 3. The molecule has 1 atom stereocenters. The second-order valence-electron chi connectivity index (χ2n) is 7.93. The van der Waals surface area contributed by atoms with Crippen LogP contribution in [-0.4, -0.2) is 30.1 Å². The predicted octanol–water partition coefficient (Wildman–Crippen LogP) is 4.56. The normalized spacial score (nSPS) is 11.4. The highest BCUT2D eigenvalue weighted by atomic mass is 16.5. The Morgan fingerprint density at radius 1 is 0.912 bits per heavy atom. The minimum absolute atomic E-state index is 0.121. The first kappa shape index (κ1) is 24.6. The molecule has 0 aliphatic carbocycles. The molecule has 0 aliphatic rings. The molecule has 0 saturated heterocycles. The highest BCUT2D eigenvalue weighted by molar-refractivity contribution is 5.97. The van der Waals surface area contributed by atoms with Gasteiger partial charge in [-0.05, 0) is 41.3 Å². The zero-order chi connectivity index (χ0) is 24.3. The van der Waals surface area contributed by atoms with Crippen LogP contribution in [0.2, 0.25) is 0 Å².